The molecule has 2 heterocycles. The first kappa shape index (κ1) is 20.8. The maximum atomic E-state index is 5.68. The maximum absolute atomic E-state index is 5.68. The molecule has 9 heteroatoms. The van der Waals surface area contributed by atoms with Crippen molar-refractivity contribution in [1.82, 2.24) is 20.5 Å². The summed E-state index contributed by atoms with van der Waals surface area (Å²) in [6, 6.07) is 3.76. The minimum atomic E-state index is -0.179. The lowest BCUT2D eigenvalue weighted by atomic mass is 10.3. The number of nitrogens with zero attached hydrogens (tertiary/aromatic N) is 2. The molecule has 1 atom stereocenters. The Morgan fingerprint density at radius 3 is 2.77 bits per heavy atom. The van der Waals surface area contributed by atoms with Crippen molar-refractivity contribution in [3.05, 3.63) is 18.3 Å². The third kappa shape index (κ3) is 8.26. The molecule has 5 N–H and O–H groups in total. The summed E-state index contributed by atoms with van der Waals surface area (Å²) in [5.74, 6) is 0.495. The summed E-state index contributed by atoms with van der Waals surface area (Å²) >= 11 is 0. The number of hydrogen-bond donors (Lipinski definition) is 4. The zero-order valence-corrected chi connectivity index (χ0v) is 15.7. The maximum Gasteiger partial charge on any atom is 0.133 e. The number of ether oxygens (including phenoxy) is 3. The molecule has 1 aromatic rings. The number of aromatic nitrogens is 1. The number of nitrogens with one attached hydrogen (secondary N) is 3. The molecule has 0 aromatic carbocycles. The van der Waals surface area contributed by atoms with Gasteiger partial charge in [-0.3, -0.25) is 15.5 Å². The fraction of sp³-hybridized carbons (Fsp3) is 0.706. The minimum absolute atomic E-state index is 0.0892. The molecular weight excluding hydrogens is 336 g/mol. The Balaban J connectivity index is 1.91. The van der Waals surface area contributed by atoms with Crippen molar-refractivity contribution in [2.24, 2.45) is 0 Å². The number of pyridine rings is 1. The lowest BCUT2D eigenvalue weighted by Gasteiger charge is -2.30. The summed E-state index contributed by atoms with van der Waals surface area (Å²) in [5.41, 5.74) is 6.53. The van der Waals surface area contributed by atoms with Crippen LogP contribution in [0.1, 0.15) is 6.42 Å². The van der Waals surface area contributed by atoms with Crippen LogP contribution in [0.25, 0.3) is 0 Å². The number of rotatable bonds is 10. The topological polar surface area (TPSA) is 106 Å². The van der Waals surface area contributed by atoms with Gasteiger partial charge in [0.1, 0.15) is 12.1 Å². The molecule has 9 nitrogen and oxygen atoms in total. The zero-order chi connectivity index (χ0) is 18.6. The van der Waals surface area contributed by atoms with Gasteiger partial charge in [-0.1, -0.05) is 0 Å². The molecule has 0 spiro atoms. The van der Waals surface area contributed by atoms with Crippen LogP contribution in [0.3, 0.4) is 0 Å². The number of anilines is 2. The number of hydrogen-bond acceptors (Lipinski definition) is 9. The first-order chi connectivity index (χ1) is 12.7. The van der Waals surface area contributed by atoms with Gasteiger partial charge in [0.25, 0.3) is 0 Å². The van der Waals surface area contributed by atoms with Gasteiger partial charge in [0.15, 0.2) is 0 Å². The molecule has 148 valence electrons. The van der Waals surface area contributed by atoms with E-state index in [9.17, 15) is 0 Å². The molecule has 1 aliphatic rings. The van der Waals surface area contributed by atoms with Crippen LogP contribution in [0.5, 0.6) is 0 Å². The Labute approximate surface area is 155 Å². The van der Waals surface area contributed by atoms with Crippen molar-refractivity contribution in [1.29, 1.82) is 0 Å². The highest BCUT2D eigenvalue weighted by Crippen LogP contribution is 2.08. The number of nitrogens with two attached hydrogens (primary N) is 1. The molecule has 0 aliphatic carbocycles. The monoisotopic (exact) mass is 368 g/mol. The summed E-state index contributed by atoms with van der Waals surface area (Å²) in [4.78, 5) is 6.27. The van der Waals surface area contributed by atoms with Gasteiger partial charge >= 0.3 is 0 Å². The van der Waals surface area contributed by atoms with Gasteiger partial charge in [-0.25, -0.2) is 4.98 Å². The van der Waals surface area contributed by atoms with Gasteiger partial charge in [-0.05, 0) is 25.6 Å². The molecule has 1 fully saturated rings. The van der Waals surface area contributed by atoms with E-state index >= 15 is 0 Å². The molecular formula is C17H32N6O3. The zero-order valence-electron chi connectivity index (χ0n) is 15.7. The van der Waals surface area contributed by atoms with E-state index in [-0.39, 0.29) is 12.3 Å². The summed E-state index contributed by atoms with van der Waals surface area (Å²) in [7, 11) is 3.74. The van der Waals surface area contributed by atoms with Gasteiger partial charge in [0.05, 0.1) is 44.4 Å². The standard InChI is InChI=1S/C17H32N6O3/c1-23(6-9-24-2)13-20-17(21-14-4-5-16(18)19-10-14)22-15-11-25-7-3-8-26-12-15/h4-5,10,15,17,20-22H,3,6-9,11-13H2,1-2H3,(H2,18,19). The Morgan fingerprint density at radius 1 is 1.35 bits per heavy atom. The number of nitrogen functional groups attached to an aromatic ring is 1. The van der Waals surface area contributed by atoms with Crippen molar-refractivity contribution < 1.29 is 14.2 Å². The van der Waals surface area contributed by atoms with Crippen LogP contribution >= 0.6 is 0 Å². The van der Waals surface area contributed by atoms with Gasteiger partial charge in [0, 0.05) is 26.9 Å². The molecule has 1 saturated heterocycles. The van der Waals surface area contributed by atoms with Crippen LogP contribution in [0, 0.1) is 0 Å². The van der Waals surface area contributed by atoms with E-state index in [4.69, 9.17) is 19.9 Å². The molecule has 0 radical (unpaired) electrons. The van der Waals surface area contributed by atoms with Crippen LogP contribution in [0.15, 0.2) is 18.3 Å². The van der Waals surface area contributed by atoms with Gasteiger partial charge < -0.3 is 25.3 Å². The van der Waals surface area contributed by atoms with E-state index in [0.717, 1.165) is 31.9 Å². The molecule has 26 heavy (non-hydrogen) atoms. The van der Waals surface area contributed by atoms with E-state index in [1.54, 1.807) is 19.4 Å². The SMILES string of the molecule is COCCN(C)CNC(Nc1ccc(N)nc1)NC1COCCCOC1. The Morgan fingerprint density at radius 2 is 2.12 bits per heavy atom. The average molecular weight is 368 g/mol. The second-order valence-corrected chi connectivity index (χ2v) is 6.35. The van der Waals surface area contributed by atoms with Crippen LogP contribution in [0.2, 0.25) is 0 Å². The lowest BCUT2D eigenvalue weighted by Crippen LogP contribution is -2.57. The smallest absolute Gasteiger partial charge is 0.133 e. The van der Waals surface area contributed by atoms with E-state index in [2.05, 4.69) is 25.8 Å². The molecule has 1 aliphatic heterocycles. The van der Waals surface area contributed by atoms with E-state index in [1.165, 1.54) is 0 Å². The largest absolute Gasteiger partial charge is 0.384 e. The fourth-order valence-electron chi connectivity index (χ4n) is 2.48. The minimum Gasteiger partial charge on any atom is -0.384 e. The predicted molar refractivity (Wildman–Crippen MR) is 102 cm³/mol. The Bertz CT molecular complexity index is 482. The summed E-state index contributed by atoms with van der Waals surface area (Å²) < 4.78 is 16.5. The summed E-state index contributed by atoms with van der Waals surface area (Å²) in [5, 5.41) is 10.4. The van der Waals surface area contributed by atoms with Crippen molar-refractivity contribution in [3.8, 4) is 0 Å². The van der Waals surface area contributed by atoms with Gasteiger partial charge in [-0.15, -0.1) is 0 Å². The normalized spacial score (nSPS) is 17.7. The highest BCUT2D eigenvalue weighted by atomic mass is 16.5. The van der Waals surface area contributed by atoms with E-state index in [0.29, 0.717) is 32.3 Å². The summed E-state index contributed by atoms with van der Waals surface area (Å²) in [6.45, 7) is 4.89. The van der Waals surface area contributed by atoms with Gasteiger partial charge in [0.2, 0.25) is 0 Å². The van der Waals surface area contributed by atoms with Crippen LogP contribution in [-0.2, 0) is 14.2 Å². The molecule has 1 aromatic heterocycles. The molecule has 0 amide bonds. The fourth-order valence-corrected chi connectivity index (χ4v) is 2.48. The predicted octanol–water partition coefficient (Wildman–Crippen LogP) is -0.120. The first-order valence-electron chi connectivity index (χ1n) is 8.98. The number of likely N-dealkylation sites (N-methyl/N-ethyl adjacent to an activating group) is 1. The molecule has 1 unspecified atom stereocenters. The second-order valence-electron chi connectivity index (χ2n) is 6.35. The van der Waals surface area contributed by atoms with Crippen molar-refractivity contribution in [2.75, 3.05) is 71.5 Å². The highest BCUT2D eigenvalue weighted by molar-refractivity contribution is 5.45. The Hall–Kier alpha value is -1.49. The van der Waals surface area contributed by atoms with Crippen molar-refractivity contribution >= 4 is 11.5 Å². The second kappa shape index (κ2) is 12.0. The Kier molecular flexibility index (Phi) is 9.61. The first-order valence-corrected chi connectivity index (χ1v) is 8.98. The third-order valence-electron chi connectivity index (χ3n) is 3.96. The average Bonchev–Trinajstić information content (AvgIpc) is 2.61. The summed E-state index contributed by atoms with van der Waals surface area (Å²) in [6.07, 6.45) is 2.47. The quantitative estimate of drug-likeness (QED) is 0.421. The molecule has 0 saturated carbocycles. The van der Waals surface area contributed by atoms with Crippen molar-refractivity contribution in [2.45, 2.75) is 18.8 Å². The van der Waals surface area contributed by atoms with Crippen molar-refractivity contribution in [3.63, 3.8) is 0 Å². The van der Waals surface area contributed by atoms with Crippen LogP contribution < -0.4 is 21.7 Å². The van der Waals surface area contributed by atoms with E-state index in [1.807, 2.05) is 13.1 Å². The number of methoxy groups -OCH3 is 1. The lowest BCUT2D eigenvalue weighted by molar-refractivity contribution is 0.0107. The molecule has 2 rings (SSSR count). The third-order valence-corrected chi connectivity index (χ3v) is 3.96. The molecule has 0 bridgehead atoms. The van der Waals surface area contributed by atoms with Crippen LogP contribution in [-0.4, -0.2) is 82.6 Å². The van der Waals surface area contributed by atoms with Gasteiger partial charge in [-0.2, -0.15) is 0 Å². The highest BCUT2D eigenvalue weighted by Gasteiger charge is 2.17. The van der Waals surface area contributed by atoms with Crippen LogP contribution in [0.4, 0.5) is 11.5 Å². The van der Waals surface area contributed by atoms with E-state index < -0.39 is 0 Å².